The van der Waals surface area contributed by atoms with E-state index in [0.717, 1.165) is 11.1 Å². The van der Waals surface area contributed by atoms with Crippen LogP contribution in [0.2, 0.25) is 0 Å². The third-order valence-electron chi connectivity index (χ3n) is 4.43. The summed E-state index contributed by atoms with van der Waals surface area (Å²) in [5.74, 6) is 0.0852. The van der Waals surface area contributed by atoms with Gasteiger partial charge in [-0.05, 0) is 37.6 Å². The molecule has 0 unspecified atom stereocenters. The van der Waals surface area contributed by atoms with Gasteiger partial charge in [0, 0.05) is 23.7 Å². The average Bonchev–Trinajstić information content (AvgIpc) is 3.12. The number of hydrogen-bond donors (Lipinski definition) is 0. The van der Waals surface area contributed by atoms with E-state index in [4.69, 9.17) is 4.52 Å². The van der Waals surface area contributed by atoms with E-state index in [1.54, 1.807) is 12.3 Å². The minimum atomic E-state index is -0.458. The Hall–Kier alpha value is -3.28. The maximum atomic E-state index is 13.7. The van der Waals surface area contributed by atoms with Crippen LogP contribution in [0.1, 0.15) is 12.5 Å². The molecule has 6 heteroatoms. The van der Waals surface area contributed by atoms with E-state index in [1.165, 1.54) is 12.1 Å². The smallest absolute Gasteiger partial charge is 0.263 e. The quantitative estimate of drug-likeness (QED) is 0.556. The Morgan fingerprint density at radius 2 is 1.96 bits per heavy atom. The summed E-state index contributed by atoms with van der Waals surface area (Å²) in [7, 11) is 0. The number of hydrogen-bond acceptors (Lipinski definition) is 4. The van der Waals surface area contributed by atoms with Gasteiger partial charge in [0.15, 0.2) is 0 Å². The van der Waals surface area contributed by atoms with Crippen LogP contribution >= 0.6 is 0 Å². The molecule has 0 amide bonds. The zero-order chi connectivity index (χ0) is 18.3. The van der Waals surface area contributed by atoms with E-state index in [2.05, 4.69) is 10.1 Å². The number of nitrogens with zero attached hydrogens (tertiary/aromatic N) is 3. The van der Waals surface area contributed by atoms with Gasteiger partial charge in [-0.3, -0.25) is 4.79 Å². The van der Waals surface area contributed by atoms with Crippen LogP contribution in [-0.4, -0.2) is 14.7 Å². The summed E-state index contributed by atoms with van der Waals surface area (Å²) in [6.45, 7) is 4.52. The van der Waals surface area contributed by atoms with E-state index in [1.807, 2.05) is 42.7 Å². The summed E-state index contributed by atoms with van der Waals surface area (Å²) < 4.78 is 20.9. The summed E-state index contributed by atoms with van der Waals surface area (Å²) in [6, 6.07) is 11.9. The molecule has 0 radical (unpaired) electrons. The molecule has 0 fully saturated rings. The fourth-order valence-corrected chi connectivity index (χ4v) is 3.05. The minimum absolute atomic E-state index is 0.126. The van der Waals surface area contributed by atoms with Gasteiger partial charge in [-0.15, -0.1) is 0 Å². The van der Waals surface area contributed by atoms with Crippen molar-refractivity contribution < 1.29 is 8.91 Å². The van der Waals surface area contributed by atoms with Crippen LogP contribution in [0.15, 0.2) is 58.0 Å². The second-order valence-corrected chi connectivity index (χ2v) is 6.06. The molecule has 0 aliphatic carbocycles. The Bertz CT molecular complexity index is 1180. The minimum Gasteiger partial charge on any atom is -0.347 e. The molecule has 4 aromatic rings. The van der Waals surface area contributed by atoms with E-state index < -0.39 is 5.82 Å². The monoisotopic (exact) mass is 349 g/mol. The van der Waals surface area contributed by atoms with Crippen molar-refractivity contribution in [2.45, 2.75) is 20.4 Å². The van der Waals surface area contributed by atoms with Gasteiger partial charge in [0.1, 0.15) is 11.4 Å². The average molecular weight is 349 g/mol. The highest BCUT2D eigenvalue weighted by Gasteiger charge is 2.18. The van der Waals surface area contributed by atoms with Crippen molar-refractivity contribution in [2.24, 2.45) is 0 Å². The van der Waals surface area contributed by atoms with Gasteiger partial charge < -0.3 is 9.09 Å². The molecule has 0 aliphatic heterocycles. The normalized spacial score (nSPS) is 11.2. The maximum absolute atomic E-state index is 13.7. The van der Waals surface area contributed by atoms with Crippen LogP contribution in [0.25, 0.3) is 33.7 Å². The third kappa shape index (κ3) is 2.60. The highest BCUT2D eigenvalue weighted by molar-refractivity contribution is 5.83. The zero-order valence-corrected chi connectivity index (χ0v) is 14.4. The van der Waals surface area contributed by atoms with E-state index >= 15 is 0 Å². The lowest BCUT2D eigenvalue weighted by Gasteiger charge is -2.09. The number of aromatic nitrogens is 3. The predicted octanol–water partition coefficient (Wildman–Crippen LogP) is 4.19. The lowest BCUT2D eigenvalue weighted by atomic mass is 10.1. The summed E-state index contributed by atoms with van der Waals surface area (Å²) in [5, 5.41) is 4.30. The molecule has 2 aromatic heterocycles. The molecule has 4 rings (SSSR count). The van der Waals surface area contributed by atoms with Crippen molar-refractivity contribution in [2.75, 3.05) is 0 Å². The largest absolute Gasteiger partial charge is 0.347 e. The van der Waals surface area contributed by atoms with Crippen molar-refractivity contribution in [3.05, 3.63) is 70.3 Å². The third-order valence-corrected chi connectivity index (χ3v) is 4.43. The first-order valence-electron chi connectivity index (χ1n) is 8.31. The fraction of sp³-hybridized carbons (Fsp3) is 0.150. The Morgan fingerprint density at radius 3 is 2.73 bits per heavy atom. The van der Waals surface area contributed by atoms with Crippen molar-refractivity contribution in [3.8, 4) is 22.8 Å². The highest BCUT2D eigenvalue weighted by Crippen LogP contribution is 2.24. The van der Waals surface area contributed by atoms with Gasteiger partial charge >= 0.3 is 0 Å². The second-order valence-electron chi connectivity index (χ2n) is 6.06. The van der Waals surface area contributed by atoms with Crippen LogP contribution in [0.4, 0.5) is 4.39 Å². The number of halogens is 1. The SMILES string of the molecule is CCn1cc(-c2nc(-c3ccccc3C)no2)c(=O)c2cc(F)ccc21. The lowest BCUT2D eigenvalue weighted by Crippen LogP contribution is -2.12. The Morgan fingerprint density at radius 1 is 1.15 bits per heavy atom. The molecule has 0 saturated heterocycles. The molecule has 2 aromatic carbocycles. The zero-order valence-electron chi connectivity index (χ0n) is 14.4. The summed E-state index contributed by atoms with van der Waals surface area (Å²) >= 11 is 0. The number of rotatable bonds is 3. The first-order valence-corrected chi connectivity index (χ1v) is 8.31. The molecule has 0 spiro atoms. The van der Waals surface area contributed by atoms with E-state index in [-0.39, 0.29) is 16.9 Å². The first-order chi connectivity index (χ1) is 12.6. The molecular formula is C20H16FN3O2. The van der Waals surface area contributed by atoms with Gasteiger partial charge in [-0.1, -0.05) is 29.4 Å². The van der Waals surface area contributed by atoms with Crippen LogP contribution < -0.4 is 5.43 Å². The van der Waals surface area contributed by atoms with Crippen LogP contribution in [0.5, 0.6) is 0 Å². The van der Waals surface area contributed by atoms with Crippen molar-refractivity contribution >= 4 is 10.9 Å². The molecule has 130 valence electrons. The topological polar surface area (TPSA) is 60.9 Å². The van der Waals surface area contributed by atoms with Gasteiger partial charge in [-0.25, -0.2) is 4.39 Å². The Balaban J connectivity index is 1.92. The summed E-state index contributed by atoms with van der Waals surface area (Å²) in [6.07, 6.45) is 1.68. The van der Waals surface area contributed by atoms with Gasteiger partial charge in [0.2, 0.25) is 11.3 Å². The Kier molecular flexibility index (Phi) is 3.88. The molecule has 5 nitrogen and oxygen atoms in total. The first kappa shape index (κ1) is 16.2. The van der Waals surface area contributed by atoms with Crippen LogP contribution in [0.3, 0.4) is 0 Å². The molecule has 0 saturated carbocycles. The van der Waals surface area contributed by atoms with Crippen molar-refractivity contribution in [3.63, 3.8) is 0 Å². The van der Waals surface area contributed by atoms with E-state index in [9.17, 15) is 9.18 Å². The molecule has 2 heterocycles. The van der Waals surface area contributed by atoms with Gasteiger partial charge in [0.25, 0.3) is 5.89 Å². The van der Waals surface area contributed by atoms with E-state index in [0.29, 0.717) is 23.3 Å². The number of fused-ring (bicyclic) bond motifs is 1. The van der Waals surface area contributed by atoms with Gasteiger partial charge in [0.05, 0.1) is 5.52 Å². The fourth-order valence-electron chi connectivity index (χ4n) is 3.05. The maximum Gasteiger partial charge on any atom is 0.263 e. The summed E-state index contributed by atoms with van der Waals surface area (Å²) in [4.78, 5) is 17.2. The molecule has 0 N–H and O–H groups in total. The standard InChI is InChI=1S/C20H16FN3O2/c1-3-24-11-16(18(25)15-10-13(21)8-9-17(15)24)20-22-19(23-26-20)14-7-5-4-6-12(14)2/h4-11H,3H2,1-2H3. The Labute approximate surface area is 148 Å². The predicted molar refractivity (Wildman–Crippen MR) is 97.3 cm³/mol. The molecule has 0 aliphatic rings. The number of benzene rings is 2. The molecular weight excluding hydrogens is 333 g/mol. The van der Waals surface area contributed by atoms with Crippen molar-refractivity contribution in [1.29, 1.82) is 0 Å². The molecule has 0 bridgehead atoms. The molecule has 26 heavy (non-hydrogen) atoms. The van der Waals surface area contributed by atoms with Gasteiger partial charge in [-0.2, -0.15) is 4.98 Å². The second kappa shape index (κ2) is 6.22. The highest BCUT2D eigenvalue weighted by atomic mass is 19.1. The van der Waals surface area contributed by atoms with Crippen LogP contribution in [0, 0.1) is 12.7 Å². The lowest BCUT2D eigenvalue weighted by molar-refractivity contribution is 0.431. The number of pyridine rings is 1. The van der Waals surface area contributed by atoms with Crippen molar-refractivity contribution in [1.82, 2.24) is 14.7 Å². The summed E-state index contributed by atoms with van der Waals surface area (Å²) in [5.41, 5.74) is 2.44. The van der Waals surface area contributed by atoms with Crippen LogP contribution in [-0.2, 0) is 6.54 Å². The molecule has 0 atom stereocenters. The number of aryl methyl sites for hydroxylation is 2.